The number of carbonyl (C=O) groups excluding carboxylic acids is 1. The molecule has 5 nitrogen and oxygen atoms in total. The molecule has 0 aromatic carbocycles. The summed E-state index contributed by atoms with van der Waals surface area (Å²) >= 11 is 0. The van der Waals surface area contributed by atoms with Crippen LogP contribution in [0.1, 0.15) is 41.0 Å². The Hall–Kier alpha value is -0.650. The van der Waals surface area contributed by atoms with E-state index in [2.05, 4.69) is 31.0 Å². The molecule has 1 saturated heterocycles. The minimum Gasteiger partial charge on any atom is -0.465 e. The standard InChI is InChI=1S/C15H30N2O3/c1-7-20-13(18)15(5,16-6)10-12(2)17-8-9-19-11-14(17,3)4/h12,16H,7-11H2,1-6H3. The van der Waals surface area contributed by atoms with Crippen LogP contribution in [-0.4, -0.2) is 61.4 Å². The number of morpholine rings is 1. The van der Waals surface area contributed by atoms with Gasteiger partial charge in [0.15, 0.2) is 0 Å². The van der Waals surface area contributed by atoms with Crippen molar-refractivity contribution in [2.45, 2.75) is 58.2 Å². The first-order valence-electron chi connectivity index (χ1n) is 7.47. The number of hydrogen-bond donors (Lipinski definition) is 1. The second-order valence-electron chi connectivity index (χ2n) is 6.41. The van der Waals surface area contributed by atoms with Crippen LogP contribution in [0.4, 0.5) is 0 Å². The highest BCUT2D eigenvalue weighted by Crippen LogP contribution is 2.26. The van der Waals surface area contributed by atoms with Crippen LogP contribution in [0.15, 0.2) is 0 Å². The molecule has 0 amide bonds. The first kappa shape index (κ1) is 17.4. The summed E-state index contributed by atoms with van der Waals surface area (Å²) in [6.45, 7) is 13.1. The van der Waals surface area contributed by atoms with Gasteiger partial charge in [-0.2, -0.15) is 0 Å². The first-order valence-corrected chi connectivity index (χ1v) is 7.47. The van der Waals surface area contributed by atoms with Crippen molar-refractivity contribution in [3.8, 4) is 0 Å². The zero-order valence-electron chi connectivity index (χ0n) is 13.8. The average molecular weight is 286 g/mol. The summed E-state index contributed by atoms with van der Waals surface area (Å²) in [5, 5.41) is 3.13. The number of nitrogens with zero attached hydrogens (tertiary/aromatic N) is 1. The maximum absolute atomic E-state index is 12.1. The normalized spacial score (nSPS) is 23.9. The summed E-state index contributed by atoms with van der Waals surface area (Å²) in [7, 11) is 1.81. The van der Waals surface area contributed by atoms with E-state index in [0.717, 1.165) is 19.8 Å². The zero-order valence-corrected chi connectivity index (χ0v) is 13.8. The fraction of sp³-hybridized carbons (Fsp3) is 0.933. The number of ether oxygens (including phenoxy) is 2. The largest absolute Gasteiger partial charge is 0.465 e. The highest BCUT2D eigenvalue weighted by molar-refractivity contribution is 5.80. The van der Waals surface area contributed by atoms with Crippen molar-refractivity contribution >= 4 is 5.97 Å². The van der Waals surface area contributed by atoms with Crippen LogP contribution in [0.3, 0.4) is 0 Å². The molecule has 0 aromatic heterocycles. The van der Waals surface area contributed by atoms with Crippen LogP contribution in [0.5, 0.6) is 0 Å². The number of nitrogens with one attached hydrogen (secondary N) is 1. The lowest BCUT2D eigenvalue weighted by atomic mass is 9.90. The van der Waals surface area contributed by atoms with Gasteiger partial charge in [0, 0.05) is 18.1 Å². The zero-order chi connectivity index (χ0) is 15.4. The molecule has 1 fully saturated rings. The molecule has 0 spiro atoms. The minimum atomic E-state index is -0.649. The third kappa shape index (κ3) is 3.93. The van der Waals surface area contributed by atoms with E-state index < -0.39 is 5.54 Å². The van der Waals surface area contributed by atoms with Gasteiger partial charge in [-0.15, -0.1) is 0 Å². The predicted octanol–water partition coefficient (Wildman–Crippen LogP) is 1.42. The molecule has 0 radical (unpaired) electrons. The van der Waals surface area contributed by atoms with E-state index in [4.69, 9.17) is 9.47 Å². The van der Waals surface area contributed by atoms with Crippen LogP contribution < -0.4 is 5.32 Å². The number of hydrogen-bond acceptors (Lipinski definition) is 5. The summed E-state index contributed by atoms with van der Waals surface area (Å²) in [5.41, 5.74) is -0.648. The molecule has 2 atom stereocenters. The van der Waals surface area contributed by atoms with Crippen molar-refractivity contribution in [1.82, 2.24) is 10.2 Å². The van der Waals surface area contributed by atoms with E-state index in [-0.39, 0.29) is 17.6 Å². The van der Waals surface area contributed by atoms with Gasteiger partial charge in [-0.25, -0.2) is 0 Å². The smallest absolute Gasteiger partial charge is 0.326 e. The molecular formula is C15H30N2O3. The maximum atomic E-state index is 12.1. The summed E-state index contributed by atoms with van der Waals surface area (Å²) in [6, 6.07) is 0.274. The maximum Gasteiger partial charge on any atom is 0.326 e. The molecule has 1 heterocycles. The van der Waals surface area contributed by atoms with Crippen LogP contribution >= 0.6 is 0 Å². The molecule has 20 heavy (non-hydrogen) atoms. The Kier molecular flexibility index (Phi) is 5.98. The molecule has 118 valence electrons. The predicted molar refractivity (Wildman–Crippen MR) is 79.8 cm³/mol. The summed E-state index contributed by atoms with van der Waals surface area (Å²) < 4.78 is 10.8. The van der Waals surface area contributed by atoms with Crippen LogP contribution in [0, 0.1) is 0 Å². The topological polar surface area (TPSA) is 50.8 Å². The van der Waals surface area contributed by atoms with Gasteiger partial charge in [-0.3, -0.25) is 9.69 Å². The fourth-order valence-electron chi connectivity index (χ4n) is 2.97. The lowest BCUT2D eigenvalue weighted by Gasteiger charge is -2.47. The molecule has 1 aliphatic heterocycles. The Morgan fingerprint density at radius 2 is 2.20 bits per heavy atom. The molecule has 0 aliphatic carbocycles. The van der Waals surface area contributed by atoms with Crippen LogP contribution in [0.25, 0.3) is 0 Å². The molecule has 0 saturated carbocycles. The Morgan fingerprint density at radius 1 is 1.55 bits per heavy atom. The minimum absolute atomic E-state index is 0.000971. The Labute approximate surface area is 123 Å². The van der Waals surface area contributed by atoms with Gasteiger partial charge >= 0.3 is 5.97 Å². The van der Waals surface area contributed by atoms with Crippen molar-refractivity contribution in [3.63, 3.8) is 0 Å². The molecule has 2 unspecified atom stereocenters. The summed E-state index contributed by atoms with van der Waals surface area (Å²) in [4.78, 5) is 14.6. The van der Waals surface area contributed by atoms with Crippen molar-refractivity contribution < 1.29 is 14.3 Å². The number of rotatable bonds is 6. The summed E-state index contributed by atoms with van der Waals surface area (Å²) in [6.07, 6.45) is 0.714. The Bertz CT molecular complexity index is 333. The van der Waals surface area contributed by atoms with Gasteiger partial charge in [-0.05, 0) is 48.1 Å². The van der Waals surface area contributed by atoms with E-state index in [0.29, 0.717) is 13.0 Å². The second-order valence-corrected chi connectivity index (χ2v) is 6.41. The van der Waals surface area contributed by atoms with Crippen LogP contribution in [-0.2, 0) is 14.3 Å². The van der Waals surface area contributed by atoms with E-state index in [1.807, 2.05) is 20.9 Å². The Balaban J connectivity index is 2.75. The molecule has 1 aliphatic rings. The highest BCUT2D eigenvalue weighted by Gasteiger charge is 2.40. The second kappa shape index (κ2) is 6.87. The molecule has 1 N–H and O–H groups in total. The monoisotopic (exact) mass is 286 g/mol. The SMILES string of the molecule is CCOC(=O)C(C)(CC(C)N1CCOCC1(C)C)NC. The average Bonchev–Trinajstić information content (AvgIpc) is 2.38. The van der Waals surface area contributed by atoms with E-state index in [1.165, 1.54) is 0 Å². The third-order valence-corrected chi connectivity index (χ3v) is 4.22. The van der Waals surface area contributed by atoms with Gasteiger partial charge < -0.3 is 14.8 Å². The molecule has 1 rings (SSSR count). The molecular weight excluding hydrogens is 256 g/mol. The van der Waals surface area contributed by atoms with Gasteiger partial charge in [-0.1, -0.05) is 0 Å². The summed E-state index contributed by atoms with van der Waals surface area (Å²) in [5.74, 6) is -0.180. The van der Waals surface area contributed by atoms with E-state index >= 15 is 0 Å². The number of likely N-dealkylation sites (N-methyl/N-ethyl adjacent to an activating group) is 1. The van der Waals surface area contributed by atoms with E-state index in [9.17, 15) is 4.79 Å². The lowest BCUT2D eigenvalue weighted by Crippen LogP contribution is -2.60. The van der Waals surface area contributed by atoms with Crippen molar-refractivity contribution in [2.24, 2.45) is 0 Å². The first-order chi connectivity index (χ1) is 9.27. The lowest BCUT2D eigenvalue weighted by molar-refractivity contribution is -0.152. The van der Waals surface area contributed by atoms with E-state index in [1.54, 1.807) is 0 Å². The molecule has 0 bridgehead atoms. The molecule has 0 aromatic rings. The highest BCUT2D eigenvalue weighted by atomic mass is 16.5. The van der Waals surface area contributed by atoms with Gasteiger partial charge in [0.1, 0.15) is 5.54 Å². The fourth-order valence-corrected chi connectivity index (χ4v) is 2.97. The molecule has 5 heteroatoms. The van der Waals surface area contributed by atoms with Gasteiger partial charge in [0.2, 0.25) is 0 Å². The van der Waals surface area contributed by atoms with Crippen molar-refractivity contribution in [1.29, 1.82) is 0 Å². The van der Waals surface area contributed by atoms with Gasteiger partial charge in [0.05, 0.1) is 19.8 Å². The number of carbonyl (C=O) groups is 1. The van der Waals surface area contributed by atoms with Crippen LogP contribution in [0.2, 0.25) is 0 Å². The van der Waals surface area contributed by atoms with Crippen molar-refractivity contribution in [2.75, 3.05) is 33.4 Å². The quantitative estimate of drug-likeness (QED) is 0.748. The van der Waals surface area contributed by atoms with Crippen molar-refractivity contribution in [3.05, 3.63) is 0 Å². The van der Waals surface area contributed by atoms with Gasteiger partial charge in [0.25, 0.3) is 0 Å². The number of esters is 1. The third-order valence-electron chi connectivity index (χ3n) is 4.22. The Morgan fingerprint density at radius 3 is 2.70 bits per heavy atom.